The maximum absolute atomic E-state index is 13.7. The van der Waals surface area contributed by atoms with Gasteiger partial charge in [0.05, 0.1) is 6.61 Å². The van der Waals surface area contributed by atoms with Gasteiger partial charge in [-0.1, -0.05) is 44.4 Å². The van der Waals surface area contributed by atoms with Crippen molar-refractivity contribution < 1.29 is 17.9 Å². The Bertz CT molecular complexity index is 1080. The highest BCUT2D eigenvalue weighted by molar-refractivity contribution is 5.66. The Morgan fingerprint density at radius 1 is 1.00 bits per heavy atom. The number of alkyl halides is 3. The van der Waals surface area contributed by atoms with Gasteiger partial charge < -0.3 is 15.4 Å². The van der Waals surface area contributed by atoms with Crippen LogP contribution in [0.25, 0.3) is 0 Å². The molecule has 0 unspecified atom stereocenters. The number of nitrogens with zero attached hydrogens (tertiary/aromatic N) is 2. The zero-order chi connectivity index (χ0) is 24.0. The van der Waals surface area contributed by atoms with E-state index in [9.17, 15) is 13.2 Å². The molecule has 1 aliphatic carbocycles. The Balaban J connectivity index is 1.57. The molecule has 0 spiro atoms. The van der Waals surface area contributed by atoms with Crippen molar-refractivity contribution in [3.05, 3.63) is 65.9 Å². The van der Waals surface area contributed by atoms with Crippen molar-refractivity contribution in [3.8, 4) is 5.75 Å². The van der Waals surface area contributed by atoms with Crippen LogP contribution in [0.3, 0.4) is 0 Å². The summed E-state index contributed by atoms with van der Waals surface area (Å²) in [5.41, 5.74) is 1.43. The van der Waals surface area contributed by atoms with Crippen LogP contribution >= 0.6 is 0 Å². The molecule has 1 aromatic heterocycles. The molecule has 8 heteroatoms. The van der Waals surface area contributed by atoms with Crippen LogP contribution in [0.4, 0.5) is 36.3 Å². The number of ether oxygens (including phenoxy) is 1. The summed E-state index contributed by atoms with van der Waals surface area (Å²) >= 11 is 0. The van der Waals surface area contributed by atoms with Crippen LogP contribution < -0.4 is 15.4 Å². The maximum atomic E-state index is 13.7. The molecule has 0 aliphatic heterocycles. The monoisotopic (exact) mass is 470 g/mol. The summed E-state index contributed by atoms with van der Waals surface area (Å²) in [5, 5.41) is 5.95. The molecule has 0 amide bonds. The highest BCUT2D eigenvalue weighted by Gasteiger charge is 2.35. The van der Waals surface area contributed by atoms with E-state index in [1.54, 1.807) is 30.3 Å². The molecule has 1 saturated carbocycles. The second-order valence-corrected chi connectivity index (χ2v) is 8.50. The van der Waals surface area contributed by atoms with Crippen molar-refractivity contribution in [2.45, 2.75) is 57.5 Å². The SMILES string of the molecule is CCCCOc1ccc(Nc2ncc(C(F)(F)F)c(Nc3ccccc3C3CCCC3)n2)cc1. The van der Waals surface area contributed by atoms with Crippen LogP contribution in [0.15, 0.2) is 54.7 Å². The number of para-hydroxylation sites is 1. The molecular weight excluding hydrogens is 441 g/mol. The van der Waals surface area contributed by atoms with E-state index in [-0.39, 0.29) is 11.8 Å². The summed E-state index contributed by atoms with van der Waals surface area (Å²) in [5.74, 6) is 0.886. The molecule has 0 bridgehead atoms. The minimum Gasteiger partial charge on any atom is -0.494 e. The van der Waals surface area contributed by atoms with Gasteiger partial charge in [0, 0.05) is 17.6 Å². The zero-order valence-electron chi connectivity index (χ0n) is 19.2. The maximum Gasteiger partial charge on any atom is 0.421 e. The number of hydrogen-bond donors (Lipinski definition) is 2. The van der Waals surface area contributed by atoms with Gasteiger partial charge >= 0.3 is 6.18 Å². The van der Waals surface area contributed by atoms with Crippen LogP contribution in [0, 0.1) is 0 Å². The fourth-order valence-corrected chi connectivity index (χ4v) is 4.17. The van der Waals surface area contributed by atoms with Gasteiger partial charge in [-0.15, -0.1) is 0 Å². The Labute approximate surface area is 197 Å². The van der Waals surface area contributed by atoms with E-state index in [1.807, 2.05) is 18.2 Å². The summed E-state index contributed by atoms with van der Waals surface area (Å²) in [6.07, 6.45) is 2.61. The third kappa shape index (κ3) is 5.98. The number of aromatic nitrogens is 2. The third-order valence-corrected chi connectivity index (χ3v) is 5.98. The fraction of sp³-hybridized carbons (Fsp3) is 0.385. The molecule has 0 saturated heterocycles. The number of benzene rings is 2. The lowest BCUT2D eigenvalue weighted by Gasteiger charge is -2.19. The number of halogens is 3. The first-order chi connectivity index (χ1) is 16.4. The van der Waals surface area contributed by atoms with E-state index in [0.717, 1.165) is 56.0 Å². The van der Waals surface area contributed by atoms with Crippen LogP contribution in [0.1, 0.15) is 62.5 Å². The van der Waals surface area contributed by atoms with Crippen molar-refractivity contribution >= 4 is 23.1 Å². The fourth-order valence-electron chi connectivity index (χ4n) is 4.17. The molecule has 1 aliphatic rings. The summed E-state index contributed by atoms with van der Waals surface area (Å²) in [4.78, 5) is 8.11. The highest BCUT2D eigenvalue weighted by Crippen LogP contribution is 2.40. The molecular formula is C26H29F3N4O. The molecule has 3 aromatic rings. The van der Waals surface area contributed by atoms with E-state index in [4.69, 9.17) is 4.74 Å². The van der Waals surface area contributed by atoms with E-state index in [1.165, 1.54) is 0 Å². The van der Waals surface area contributed by atoms with E-state index < -0.39 is 11.7 Å². The Hall–Kier alpha value is -3.29. The lowest BCUT2D eigenvalue weighted by molar-refractivity contribution is -0.137. The third-order valence-electron chi connectivity index (χ3n) is 5.98. The van der Waals surface area contributed by atoms with Crippen LogP contribution in [0.5, 0.6) is 5.75 Å². The number of rotatable bonds is 9. The Morgan fingerprint density at radius 3 is 2.44 bits per heavy atom. The van der Waals surface area contributed by atoms with Gasteiger partial charge in [0.15, 0.2) is 0 Å². The molecule has 1 heterocycles. The topological polar surface area (TPSA) is 59.1 Å². The van der Waals surface area contributed by atoms with Crippen LogP contribution in [-0.2, 0) is 6.18 Å². The quantitative estimate of drug-likeness (QED) is 0.312. The van der Waals surface area contributed by atoms with Gasteiger partial charge in [-0.2, -0.15) is 18.2 Å². The van der Waals surface area contributed by atoms with Crippen molar-refractivity contribution in [2.24, 2.45) is 0 Å². The average molecular weight is 471 g/mol. The number of unbranched alkanes of at least 4 members (excludes halogenated alkanes) is 1. The first-order valence-electron chi connectivity index (χ1n) is 11.7. The van der Waals surface area contributed by atoms with Crippen LogP contribution in [0.2, 0.25) is 0 Å². The lowest BCUT2D eigenvalue weighted by atomic mass is 9.96. The Kier molecular flexibility index (Phi) is 7.55. The summed E-state index contributed by atoms with van der Waals surface area (Å²) in [7, 11) is 0. The van der Waals surface area contributed by atoms with E-state index in [2.05, 4.69) is 27.5 Å². The lowest BCUT2D eigenvalue weighted by Crippen LogP contribution is -2.13. The minimum atomic E-state index is -4.58. The smallest absolute Gasteiger partial charge is 0.421 e. The van der Waals surface area contributed by atoms with Crippen molar-refractivity contribution in [1.29, 1.82) is 0 Å². The molecule has 1 fully saturated rings. The van der Waals surface area contributed by atoms with Crippen molar-refractivity contribution in [2.75, 3.05) is 17.2 Å². The summed E-state index contributed by atoms with van der Waals surface area (Å²) < 4.78 is 46.8. The molecule has 180 valence electrons. The molecule has 2 aromatic carbocycles. The molecule has 4 rings (SSSR count). The molecule has 34 heavy (non-hydrogen) atoms. The normalized spacial score (nSPS) is 14.2. The minimum absolute atomic E-state index is 0.0773. The zero-order valence-corrected chi connectivity index (χ0v) is 19.2. The number of hydrogen-bond acceptors (Lipinski definition) is 5. The average Bonchev–Trinajstić information content (AvgIpc) is 3.35. The van der Waals surface area contributed by atoms with E-state index in [0.29, 0.717) is 23.9 Å². The second kappa shape index (κ2) is 10.8. The predicted molar refractivity (Wildman–Crippen MR) is 128 cm³/mol. The van der Waals surface area contributed by atoms with Gasteiger partial charge in [0.25, 0.3) is 0 Å². The van der Waals surface area contributed by atoms with E-state index >= 15 is 0 Å². The second-order valence-electron chi connectivity index (χ2n) is 8.50. The van der Waals surface area contributed by atoms with Crippen molar-refractivity contribution in [1.82, 2.24) is 9.97 Å². The van der Waals surface area contributed by atoms with Gasteiger partial charge in [0.2, 0.25) is 5.95 Å². The largest absolute Gasteiger partial charge is 0.494 e. The number of nitrogens with one attached hydrogen (secondary N) is 2. The Morgan fingerprint density at radius 2 is 1.74 bits per heavy atom. The molecule has 5 nitrogen and oxygen atoms in total. The summed E-state index contributed by atoms with van der Waals surface area (Å²) in [6, 6.07) is 14.7. The molecule has 0 atom stereocenters. The summed E-state index contributed by atoms with van der Waals surface area (Å²) in [6.45, 7) is 2.74. The predicted octanol–water partition coefficient (Wildman–Crippen LogP) is 7.82. The van der Waals surface area contributed by atoms with Gasteiger partial charge in [0.1, 0.15) is 17.1 Å². The van der Waals surface area contributed by atoms with Crippen LogP contribution in [-0.4, -0.2) is 16.6 Å². The molecule has 0 radical (unpaired) electrons. The first kappa shape index (κ1) is 23.9. The van der Waals surface area contributed by atoms with Gasteiger partial charge in [-0.25, -0.2) is 4.98 Å². The molecule has 2 N–H and O–H groups in total. The number of anilines is 4. The standard InChI is InChI=1S/C26H29F3N4O/c1-2-3-16-34-20-14-12-19(13-15-20)31-25-30-17-22(26(27,28)29)24(33-25)32-23-11-7-6-10-21(23)18-8-4-5-9-18/h6-7,10-15,17-18H,2-5,8-9,16H2,1H3,(H2,30,31,32,33). The highest BCUT2D eigenvalue weighted by atomic mass is 19.4. The first-order valence-corrected chi connectivity index (χ1v) is 11.7. The van der Waals surface area contributed by atoms with Gasteiger partial charge in [-0.3, -0.25) is 0 Å². The van der Waals surface area contributed by atoms with Gasteiger partial charge in [-0.05, 0) is 61.1 Å². The van der Waals surface area contributed by atoms with Crippen molar-refractivity contribution in [3.63, 3.8) is 0 Å².